The Morgan fingerprint density at radius 2 is 2.00 bits per heavy atom. The maximum absolute atomic E-state index is 13.3. The molecule has 0 amide bonds. The zero-order valence-electron chi connectivity index (χ0n) is 8.51. The number of ether oxygens (including phenoxy) is 1. The Bertz CT molecular complexity index is 364. The highest BCUT2D eigenvalue weighted by Crippen LogP contribution is 2.40. The number of methoxy groups -OCH3 is 1. The minimum Gasteiger partial charge on any atom is -0.496 e. The second-order valence-electron chi connectivity index (χ2n) is 3.13. The minimum absolute atomic E-state index is 0.181. The van der Waals surface area contributed by atoms with Crippen molar-refractivity contribution in [3.63, 3.8) is 0 Å². The number of alkyl halides is 4. The average Bonchev–Trinajstić information content (AvgIpc) is 2.25. The summed E-state index contributed by atoms with van der Waals surface area (Å²) in [6.07, 6.45) is -6.24. The molecule has 1 atom stereocenters. The van der Waals surface area contributed by atoms with Gasteiger partial charge in [0.25, 0.3) is 0 Å². The number of benzene rings is 1. The summed E-state index contributed by atoms with van der Waals surface area (Å²) in [6.45, 7) is -0.391. The van der Waals surface area contributed by atoms with Crippen LogP contribution in [0.4, 0.5) is 17.6 Å². The first-order valence-corrected chi connectivity index (χ1v) is 4.50. The van der Waals surface area contributed by atoms with E-state index >= 15 is 0 Å². The normalized spacial score (nSPS) is 13.6. The van der Waals surface area contributed by atoms with Gasteiger partial charge in [-0.25, -0.2) is 4.39 Å². The highest BCUT2D eigenvalue weighted by atomic mass is 19.4. The van der Waals surface area contributed by atoms with Gasteiger partial charge >= 0.3 is 6.18 Å². The molecule has 0 aromatic heterocycles. The van der Waals surface area contributed by atoms with Gasteiger partial charge in [-0.2, -0.15) is 13.2 Å². The molecule has 0 aliphatic rings. The predicted molar refractivity (Wildman–Crippen MR) is 50.9 cm³/mol. The monoisotopic (exact) mass is 237 g/mol. The lowest BCUT2D eigenvalue weighted by atomic mass is 10.0. The first kappa shape index (κ1) is 12.8. The molecular formula is C10H11F4NO. The number of hydrogen-bond donors (Lipinski definition) is 1. The maximum atomic E-state index is 13.3. The number of para-hydroxylation sites is 1. The lowest BCUT2D eigenvalue weighted by molar-refractivity contribution is -0.138. The zero-order chi connectivity index (χ0) is 12.3. The van der Waals surface area contributed by atoms with Crippen LogP contribution in [0.3, 0.4) is 0 Å². The summed E-state index contributed by atoms with van der Waals surface area (Å²) in [4.78, 5) is 0. The smallest absolute Gasteiger partial charge is 0.419 e. The summed E-state index contributed by atoms with van der Waals surface area (Å²) in [5, 5.41) is 0. The molecule has 0 radical (unpaired) electrons. The molecule has 1 aromatic carbocycles. The molecule has 6 heteroatoms. The lowest BCUT2D eigenvalue weighted by Gasteiger charge is -2.16. The standard InChI is InChI=1S/C10H11F4NO/c1-16-9-6(8(11)5-15)3-2-4-7(9)10(12,13)14/h2-4,8H,5,15H2,1H3. The molecular weight excluding hydrogens is 226 g/mol. The van der Waals surface area contributed by atoms with Crippen LogP contribution in [0.5, 0.6) is 5.75 Å². The van der Waals surface area contributed by atoms with Gasteiger partial charge < -0.3 is 10.5 Å². The third-order valence-electron chi connectivity index (χ3n) is 2.10. The molecule has 0 bridgehead atoms. The Kier molecular flexibility index (Phi) is 3.74. The van der Waals surface area contributed by atoms with E-state index in [-0.39, 0.29) is 5.56 Å². The van der Waals surface area contributed by atoms with E-state index in [1.807, 2.05) is 0 Å². The quantitative estimate of drug-likeness (QED) is 0.820. The number of hydrogen-bond acceptors (Lipinski definition) is 2. The highest BCUT2D eigenvalue weighted by Gasteiger charge is 2.36. The molecule has 1 aromatic rings. The van der Waals surface area contributed by atoms with Gasteiger partial charge in [0.1, 0.15) is 11.9 Å². The molecule has 0 heterocycles. The Morgan fingerprint density at radius 1 is 1.38 bits per heavy atom. The van der Waals surface area contributed by atoms with Crippen LogP contribution < -0.4 is 10.5 Å². The van der Waals surface area contributed by atoms with Crippen molar-refractivity contribution in [3.05, 3.63) is 29.3 Å². The van der Waals surface area contributed by atoms with Gasteiger partial charge in [0, 0.05) is 12.1 Å². The van der Waals surface area contributed by atoms with Crippen molar-refractivity contribution < 1.29 is 22.3 Å². The molecule has 1 rings (SSSR count). The molecule has 0 fully saturated rings. The molecule has 0 saturated heterocycles. The molecule has 90 valence electrons. The molecule has 0 saturated carbocycles. The number of rotatable bonds is 3. The van der Waals surface area contributed by atoms with E-state index in [9.17, 15) is 17.6 Å². The van der Waals surface area contributed by atoms with Crippen molar-refractivity contribution in [2.45, 2.75) is 12.3 Å². The molecule has 0 spiro atoms. The van der Waals surface area contributed by atoms with Crippen LogP contribution >= 0.6 is 0 Å². The Labute approximate surface area is 90.0 Å². The summed E-state index contributed by atoms with van der Waals surface area (Å²) in [7, 11) is 1.07. The van der Waals surface area contributed by atoms with Crippen molar-refractivity contribution in [1.82, 2.24) is 0 Å². The van der Waals surface area contributed by atoms with Crippen LogP contribution in [-0.2, 0) is 6.18 Å². The van der Waals surface area contributed by atoms with Crippen molar-refractivity contribution >= 4 is 0 Å². The minimum atomic E-state index is -4.57. The third-order valence-corrected chi connectivity index (χ3v) is 2.10. The second kappa shape index (κ2) is 4.69. The van der Waals surface area contributed by atoms with Crippen molar-refractivity contribution in [1.29, 1.82) is 0 Å². The molecule has 2 N–H and O–H groups in total. The van der Waals surface area contributed by atoms with Gasteiger partial charge in [0.2, 0.25) is 0 Å². The van der Waals surface area contributed by atoms with E-state index in [2.05, 4.69) is 4.74 Å². The van der Waals surface area contributed by atoms with Crippen LogP contribution in [-0.4, -0.2) is 13.7 Å². The number of nitrogens with two attached hydrogens (primary N) is 1. The van der Waals surface area contributed by atoms with Gasteiger partial charge in [0.15, 0.2) is 0 Å². The van der Waals surface area contributed by atoms with Crippen LogP contribution in [0.25, 0.3) is 0 Å². The summed E-state index contributed by atoms with van der Waals surface area (Å²) in [5.74, 6) is -0.507. The lowest BCUT2D eigenvalue weighted by Crippen LogP contribution is -2.13. The third kappa shape index (κ3) is 2.44. The summed E-state index contributed by atoms with van der Waals surface area (Å²) in [6, 6.07) is 3.19. The van der Waals surface area contributed by atoms with E-state index in [1.165, 1.54) is 6.07 Å². The first-order chi connectivity index (χ1) is 7.41. The molecule has 0 aliphatic carbocycles. The summed E-state index contributed by atoms with van der Waals surface area (Å²) < 4.78 is 55.6. The first-order valence-electron chi connectivity index (χ1n) is 4.50. The van der Waals surface area contributed by atoms with E-state index in [0.717, 1.165) is 19.2 Å². The fourth-order valence-corrected chi connectivity index (χ4v) is 1.38. The Hall–Kier alpha value is -1.30. The number of halogens is 4. The molecule has 0 aliphatic heterocycles. The van der Waals surface area contributed by atoms with Crippen LogP contribution in [0.15, 0.2) is 18.2 Å². The fourth-order valence-electron chi connectivity index (χ4n) is 1.38. The van der Waals surface area contributed by atoms with Gasteiger partial charge in [-0.1, -0.05) is 12.1 Å². The van der Waals surface area contributed by atoms with Crippen molar-refractivity contribution in [3.8, 4) is 5.75 Å². The average molecular weight is 237 g/mol. The predicted octanol–water partition coefficient (Wildman–Crippen LogP) is 2.68. The second-order valence-corrected chi connectivity index (χ2v) is 3.13. The van der Waals surface area contributed by atoms with E-state index in [4.69, 9.17) is 5.73 Å². The topological polar surface area (TPSA) is 35.2 Å². The highest BCUT2D eigenvalue weighted by molar-refractivity contribution is 5.44. The van der Waals surface area contributed by atoms with Gasteiger partial charge in [-0.15, -0.1) is 0 Å². The van der Waals surface area contributed by atoms with Crippen LogP contribution in [0, 0.1) is 0 Å². The Morgan fingerprint density at radius 3 is 2.44 bits per heavy atom. The van der Waals surface area contributed by atoms with Gasteiger partial charge in [-0.3, -0.25) is 0 Å². The fraction of sp³-hybridized carbons (Fsp3) is 0.400. The van der Waals surface area contributed by atoms with Crippen LogP contribution in [0.1, 0.15) is 17.3 Å². The van der Waals surface area contributed by atoms with Gasteiger partial charge in [-0.05, 0) is 6.07 Å². The van der Waals surface area contributed by atoms with Gasteiger partial charge in [0.05, 0.1) is 12.7 Å². The molecule has 16 heavy (non-hydrogen) atoms. The summed E-state index contributed by atoms with van der Waals surface area (Å²) >= 11 is 0. The molecule has 2 nitrogen and oxygen atoms in total. The Balaban J connectivity index is 3.32. The van der Waals surface area contributed by atoms with Crippen molar-refractivity contribution in [2.24, 2.45) is 5.73 Å². The molecule has 1 unspecified atom stereocenters. The SMILES string of the molecule is COc1c(C(F)CN)cccc1C(F)(F)F. The van der Waals surface area contributed by atoms with E-state index in [0.29, 0.717) is 0 Å². The van der Waals surface area contributed by atoms with E-state index < -0.39 is 30.2 Å². The van der Waals surface area contributed by atoms with E-state index in [1.54, 1.807) is 0 Å². The maximum Gasteiger partial charge on any atom is 0.419 e. The summed E-state index contributed by atoms with van der Waals surface area (Å²) in [5.41, 5.74) is 3.90. The van der Waals surface area contributed by atoms with Crippen LogP contribution in [0.2, 0.25) is 0 Å². The zero-order valence-corrected chi connectivity index (χ0v) is 8.51. The van der Waals surface area contributed by atoms with Crippen molar-refractivity contribution in [2.75, 3.05) is 13.7 Å². The largest absolute Gasteiger partial charge is 0.496 e.